The van der Waals surface area contributed by atoms with Gasteiger partial charge in [-0.2, -0.15) is 0 Å². The van der Waals surface area contributed by atoms with Crippen LogP contribution in [0, 0.1) is 17.8 Å². The lowest BCUT2D eigenvalue weighted by Gasteiger charge is -2.26. The third-order valence-electron chi connectivity index (χ3n) is 5.53. The highest BCUT2D eigenvalue weighted by atomic mass is 16.6. The van der Waals surface area contributed by atoms with Gasteiger partial charge in [-0.3, -0.25) is 0 Å². The van der Waals surface area contributed by atoms with Crippen LogP contribution >= 0.6 is 0 Å². The second-order valence-electron chi connectivity index (χ2n) is 8.72. The molecule has 1 saturated heterocycles. The van der Waals surface area contributed by atoms with Crippen LogP contribution in [-0.2, 0) is 4.74 Å². The molecular formula is C18H32N2O2. The minimum Gasteiger partial charge on any atom is -0.444 e. The number of carbonyl (C=O) groups is 1. The molecule has 0 bridgehead atoms. The maximum Gasteiger partial charge on any atom is 0.410 e. The van der Waals surface area contributed by atoms with E-state index < -0.39 is 5.60 Å². The molecule has 4 heteroatoms. The fourth-order valence-electron chi connectivity index (χ4n) is 4.18. The third-order valence-corrected chi connectivity index (χ3v) is 5.53. The van der Waals surface area contributed by atoms with Crippen LogP contribution in [0.3, 0.4) is 0 Å². The summed E-state index contributed by atoms with van der Waals surface area (Å²) in [4.78, 5) is 14.0. The Hall–Kier alpha value is -0.770. The molecule has 3 rings (SSSR count). The summed E-state index contributed by atoms with van der Waals surface area (Å²) in [5.41, 5.74) is -0.390. The summed E-state index contributed by atoms with van der Waals surface area (Å²) in [5.74, 6) is 2.22. The first-order valence-corrected chi connectivity index (χ1v) is 9.07. The zero-order chi connectivity index (χ0) is 15.9. The maximum atomic E-state index is 12.1. The van der Waals surface area contributed by atoms with Crippen LogP contribution in [0.4, 0.5) is 4.79 Å². The van der Waals surface area contributed by atoms with Crippen molar-refractivity contribution < 1.29 is 9.53 Å². The SMILES string of the molecule is CC1CCCC(NC2C3CN(C(=O)OC(C)(C)C)CC32)CC1. The predicted molar refractivity (Wildman–Crippen MR) is 87.7 cm³/mol. The van der Waals surface area contributed by atoms with Crippen molar-refractivity contribution in [2.24, 2.45) is 17.8 Å². The van der Waals surface area contributed by atoms with Crippen molar-refractivity contribution in [1.29, 1.82) is 0 Å². The molecule has 3 fully saturated rings. The molecule has 126 valence electrons. The van der Waals surface area contributed by atoms with Gasteiger partial charge < -0.3 is 15.0 Å². The number of carbonyl (C=O) groups excluding carboxylic acids is 1. The lowest BCUT2D eigenvalue weighted by molar-refractivity contribution is 0.0268. The van der Waals surface area contributed by atoms with Gasteiger partial charge in [0, 0.05) is 25.2 Å². The molecule has 1 N–H and O–H groups in total. The summed E-state index contributed by atoms with van der Waals surface area (Å²) >= 11 is 0. The average Bonchev–Trinajstić information content (AvgIpc) is 2.91. The lowest BCUT2D eigenvalue weighted by Crippen LogP contribution is -2.41. The molecule has 1 aliphatic heterocycles. The van der Waals surface area contributed by atoms with Gasteiger partial charge in [0.1, 0.15) is 5.60 Å². The van der Waals surface area contributed by atoms with Crippen LogP contribution in [0.25, 0.3) is 0 Å². The van der Waals surface area contributed by atoms with Crippen molar-refractivity contribution in [1.82, 2.24) is 10.2 Å². The fraction of sp³-hybridized carbons (Fsp3) is 0.944. The molecular weight excluding hydrogens is 276 g/mol. The Morgan fingerprint density at radius 2 is 1.77 bits per heavy atom. The predicted octanol–water partition coefficient (Wildman–Crippen LogP) is 3.41. The smallest absolute Gasteiger partial charge is 0.410 e. The van der Waals surface area contributed by atoms with E-state index in [9.17, 15) is 4.79 Å². The normalized spacial score (nSPS) is 38.4. The highest BCUT2D eigenvalue weighted by molar-refractivity contribution is 5.69. The standard InChI is InChI=1S/C18H32N2O2/c1-12-6-5-7-13(9-8-12)19-16-14-10-20(11-15(14)16)17(21)22-18(2,3)4/h12-16,19H,5-11H2,1-4H3. The van der Waals surface area contributed by atoms with Crippen LogP contribution in [0.15, 0.2) is 0 Å². The lowest BCUT2D eigenvalue weighted by atomic mass is 10.0. The van der Waals surface area contributed by atoms with Crippen molar-refractivity contribution in [2.45, 2.75) is 77.5 Å². The summed E-state index contributed by atoms with van der Waals surface area (Å²) < 4.78 is 5.47. The summed E-state index contributed by atoms with van der Waals surface area (Å²) in [5, 5.41) is 3.88. The summed E-state index contributed by atoms with van der Waals surface area (Å²) in [6.45, 7) is 9.92. The van der Waals surface area contributed by atoms with E-state index in [2.05, 4.69) is 12.2 Å². The molecule has 1 heterocycles. The van der Waals surface area contributed by atoms with Crippen LogP contribution in [0.1, 0.15) is 59.8 Å². The van der Waals surface area contributed by atoms with Gasteiger partial charge in [0.2, 0.25) is 0 Å². The minimum absolute atomic E-state index is 0.137. The first-order valence-electron chi connectivity index (χ1n) is 9.07. The first-order chi connectivity index (χ1) is 10.3. The number of nitrogens with zero attached hydrogens (tertiary/aromatic N) is 1. The van der Waals surface area contributed by atoms with E-state index in [4.69, 9.17) is 4.74 Å². The molecule has 3 aliphatic rings. The molecule has 4 atom stereocenters. The van der Waals surface area contributed by atoms with E-state index in [1.807, 2.05) is 25.7 Å². The highest BCUT2D eigenvalue weighted by Crippen LogP contribution is 2.46. The van der Waals surface area contributed by atoms with Gasteiger partial charge >= 0.3 is 6.09 Å². The van der Waals surface area contributed by atoms with E-state index in [0.717, 1.165) is 19.0 Å². The molecule has 0 radical (unpaired) electrons. The Morgan fingerprint density at radius 3 is 2.41 bits per heavy atom. The monoisotopic (exact) mass is 308 g/mol. The number of fused-ring (bicyclic) bond motifs is 1. The Labute approximate surface area is 135 Å². The van der Waals surface area contributed by atoms with Gasteiger partial charge in [0.25, 0.3) is 0 Å². The summed E-state index contributed by atoms with van der Waals surface area (Å²) in [7, 11) is 0. The third kappa shape index (κ3) is 3.76. The van der Waals surface area contributed by atoms with Gasteiger partial charge in [-0.25, -0.2) is 4.79 Å². The number of hydrogen-bond acceptors (Lipinski definition) is 3. The quantitative estimate of drug-likeness (QED) is 0.795. The molecule has 4 unspecified atom stereocenters. The second-order valence-corrected chi connectivity index (χ2v) is 8.72. The van der Waals surface area contributed by atoms with E-state index in [1.54, 1.807) is 0 Å². The molecule has 22 heavy (non-hydrogen) atoms. The molecule has 4 nitrogen and oxygen atoms in total. The van der Waals surface area contributed by atoms with Crippen molar-refractivity contribution >= 4 is 6.09 Å². The number of amides is 1. The first kappa shape index (κ1) is 16.1. The van der Waals surface area contributed by atoms with E-state index >= 15 is 0 Å². The zero-order valence-corrected chi connectivity index (χ0v) is 14.6. The maximum absolute atomic E-state index is 12.1. The van der Waals surface area contributed by atoms with Crippen molar-refractivity contribution in [3.8, 4) is 0 Å². The minimum atomic E-state index is -0.390. The summed E-state index contributed by atoms with van der Waals surface area (Å²) in [6, 6.07) is 1.35. The van der Waals surface area contributed by atoms with Gasteiger partial charge in [-0.1, -0.05) is 19.8 Å². The molecule has 1 amide bonds. The number of rotatable bonds is 2. The van der Waals surface area contributed by atoms with Gasteiger partial charge in [0.15, 0.2) is 0 Å². The van der Waals surface area contributed by atoms with Crippen LogP contribution in [0.2, 0.25) is 0 Å². The summed E-state index contributed by atoms with van der Waals surface area (Å²) in [6.07, 6.45) is 6.64. The largest absolute Gasteiger partial charge is 0.444 e. The number of ether oxygens (including phenoxy) is 1. The Balaban J connectivity index is 1.42. The number of nitrogens with one attached hydrogen (secondary N) is 1. The zero-order valence-electron chi connectivity index (χ0n) is 14.6. The van der Waals surface area contributed by atoms with E-state index in [0.29, 0.717) is 23.9 Å². The molecule has 0 aromatic rings. The van der Waals surface area contributed by atoms with E-state index in [-0.39, 0.29) is 6.09 Å². The van der Waals surface area contributed by atoms with Crippen molar-refractivity contribution in [2.75, 3.05) is 13.1 Å². The van der Waals surface area contributed by atoms with E-state index in [1.165, 1.54) is 32.1 Å². The molecule has 0 aromatic heterocycles. The van der Waals surface area contributed by atoms with Crippen molar-refractivity contribution in [3.63, 3.8) is 0 Å². The Bertz CT molecular complexity index is 406. The number of piperidine rings is 1. The topological polar surface area (TPSA) is 41.6 Å². The highest BCUT2D eigenvalue weighted by Gasteiger charge is 2.57. The molecule has 0 aromatic carbocycles. The number of hydrogen-bond donors (Lipinski definition) is 1. The van der Waals surface area contributed by atoms with Gasteiger partial charge in [-0.15, -0.1) is 0 Å². The van der Waals surface area contributed by atoms with Gasteiger partial charge in [-0.05, 0) is 57.8 Å². The second kappa shape index (κ2) is 6.03. The van der Waals surface area contributed by atoms with Crippen LogP contribution in [-0.4, -0.2) is 41.8 Å². The average molecular weight is 308 g/mol. The van der Waals surface area contributed by atoms with Crippen LogP contribution < -0.4 is 5.32 Å². The van der Waals surface area contributed by atoms with Crippen molar-refractivity contribution in [3.05, 3.63) is 0 Å². The molecule has 0 spiro atoms. The van der Waals surface area contributed by atoms with Gasteiger partial charge in [0.05, 0.1) is 0 Å². The van der Waals surface area contributed by atoms with Crippen LogP contribution in [0.5, 0.6) is 0 Å². The number of likely N-dealkylation sites (tertiary alicyclic amines) is 1. The Morgan fingerprint density at radius 1 is 1.09 bits per heavy atom. The Kier molecular flexibility index (Phi) is 4.41. The molecule has 2 saturated carbocycles. The fourth-order valence-corrected chi connectivity index (χ4v) is 4.18. The molecule has 2 aliphatic carbocycles.